The Morgan fingerprint density at radius 1 is 0.667 bits per heavy atom. The number of nitrogens with zero attached hydrogens (tertiary/aromatic N) is 3. The Morgan fingerprint density at radius 3 is 2.14 bits per heavy atom. The molecular formula is C32H25N3O. The molecule has 2 aromatic heterocycles. The maximum atomic E-state index is 5.51. The van der Waals surface area contributed by atoms with E-state index in [4.69, 9.17) is 14.7 Å². The Morgan fingerprint density at radius 2 is 1.36 bits per heavy atom. The SMILES string of the molecule is COc1cccc(-c2nc3ncc(-c4ccccc4)cc3n2Cc2ccccc2-c2ccccc2)c1. The van der Waals surface area contributed by atoms with Crippen LogP contribution >= 0.6 is 0 Å². The molecule has 0 radical (unpaired) electrons. The van der Waals surface area contributed by atoms with Crippen LogP contribution in [0.4, 0.5) is 0 Å². The van der Waals surface area contributed by atoms with E-state index in [-0.39, 0.29) is 0 Å². The van der Waals surface area contributed by atoms with E-state index in [0.29, 0.717) is 6.54 Å². The zero-order valence-corrected chi connectivity index (χ0v) is 20.0. The fourth-order valence-electron chi connectivity index (χ4n) is 4.66. The molecule has 2 heterocycles. The highest BCUT2D eigenvalue weighted by molar-refractivity contribution is 5.82. The van der Waals surface area contributed by atoms with Crippen LogP contribution in [0.1, 0.15) is 5.56 Å². The first-order chi connectivity index (χ1) is 17.8. The first kappa shape index (κ1) is 21.8. The van der Waals surface area contributed by atoms with Gasteiger partial charge in [0.25, 0.3) is 0 Å². The van der Waals surface area contributed by atoms with Crippen LogP contribution in [-0.2, 0) is 6.54 Å². The molecule has 4 heteroatoms. The van der Waals surface area contributed by atoms with Crippen LogP contribution in [0.2, 0.25) is 0 Å². The zero-order valence-electron chi connectivity index (χ0n) is 20.0. The minimum absolute atomic E-state index is 0.661. The molecule has 0 unspecified atom stereocenters. The van der Waals surface area contributed by atoms with Gasteiger partial charge >= 0.3 is 0 Å². The molecule has 4 aromatic carbocycles. The highest BCUT2D eigenvalue weighted by Gasteiger charge is 2.17. The van der Waals surface area contributed by atoms with E-state index in [0.717, 1.165) is 39.4 Å². The summed E-state index contributed by atoms with van der Waals surface area (Å²) in [5, 5.41) is 0. The van der Waals surface area contributed by atoms with Gasteiger partial charge in [-0.3, -0.25) is 0 Å². The number of hydrogen-bond donors (Lipinski definition) is 0. The van der Waals surface area contributed by atoms with Gasteiger partial charge in [-0.1, -0.05) is 97.1 Å². The average Bonchev–Trinajstić information content (AvgIpc) is 3.32. The summed E-state index contributed by atoms with van der Waals surface area (Å²) in [5.74, 6) is 1.67. The van der Waals surface area contributed by atoms with E-state index in [1.54, 1.807) is 7.11 Å². The lowest BCUT2D eigenvalue weighted by Gasteiger charge is -2.14. The quantitative estimate of drug-likeness (QED) is 0.255. The Kier molecular flexibility index (Phi) is 5.76. The van der Waals surface area contributed by atoms with E-state index >= 15 is 0 Å². The number of ether oxygens (including phenoxy) is 1. The van der Waals surface area contributed by atoms with Crippen LogP contribution in [0.3, 0.4) is 0 Å². The van der Waals surface area contributed by atoms with Crippen molar-refractivity contribution < 1.29 is 4.74 Å². The second-order valence-corrected chi connectivity index (χ2v) is 8.71. The van der Waals surface area contributed by atoms with Crippen LogP contribution in [0, 0.1) is 0 Å². The second kappa shape index (κ2) is 9.51. The van der Waals surface area contributed by atoms with Crippen LogP contribution < -0.4 is 4.74 Å². The highest BCUT2D eigenvalue weighted by atomic mass is 16.5. The molecule has 0 amide bonds. The summed E-state index contributed by atoms with van der Waals surface area (Å²) in [7, 11) is 1.69. The van der Waals surface area contributed by atoms with Crippen molar-refractivity contribution in [2.75, 3.05) is 7.11 Å². The van der Waals surface area contributed by atoms with Gasteiger partial charge in [-0.25, -0.2) is 9.97 Å². The monoisotopic (exact) mass is 467 g/mol. The van der Waals surface area contributed by atoms with Gasteiger partial charge in [-0.2, -0.15) is 0 Å². The first-order valence-electron chi connectivity index (χ1n) is 12.0. The fraction of sp³-hybridized carbons (Fsp3) is 0.0625. The number of benzene rings is 4. The third-order valence-corrected chi connectivity index (χ3v) is 6.47. The summed E-state index contributed by atoms with van der Waals surface area (Å²) in [4.78, 5) is 9.75. The lowest BCUT2D eigenvalue weighted by molar-refractivity contribution is 0.415. The zero-order chi connectivity index (χ0) is 24.3. The van der Waals surface area contributed by atoms with Crippen molar-refractivity contribution in [1.82, 2.24) is 14.5 Å². The molecule has 36 heavy (non-hydrogen) atoms. The molecule has 0 atom stereocenters. The molecule has 4 nitrogen and oxygen atoms in total. The molecule has 0 aliphatic carbocycles. The van der Waals surface area contributed by atoms with Crippen molar-refractivity contribution in [3.05, 3.63) is 127 Å². The van der Waals surface area contributed by atoms with Crippen molar-refractivity contribution in [3.8, 4) is 39.4 Å². The van der Waals surface area contributed by atoms with E-state index in [1.807, 2.05) is 36.5 Å². The Balaban J connectivity index is 1.55. The molecule has 0 aliphatic rings. The first-order valence-corrected chi connectivity index (χ1v) is 12.0. The van der Waals surface area contributed by atoms with E-state index in [9.17, 15) is 0 Å². The van der Waals surface area contributed by atoms with Gasteiger partial charge < -0.3 is 9.30 Å². The van der Waals surface area contributed by atoms with Crippen molar-refractivity contribution >= 4 is 11.2 Å². The van der Waals surface area contributed by atoms with Crippen molar-refractivity contribution in [2.24, 2.45) is 0 Å². The van der Waals surface area contributed by atoms with Gasteiger partial charge in [0.05, 0.1) is 19.2 Å². The minimum atomic E-state index is 0.661. The third-order valence-electron chi connectivity index (χ3n) is 6.47. The summed E-state index contributed by atoms with van der Waals surface area (Å²) in [6, 6.07) is 39.7. The van der Waals surface area contributed by atoms with Gasteiger partial charge in [-0.05, 0) is 40.5 Å². The average molecular weight is 468 g/mol. The number of hydrogen-bond acceptors (Lipinski definition) is 3. The van der Waals surface area contributed by atoms with Gasteiger partial charge in [-0.15, -0.1) is 0 Å². The summed E-state index contributed by atoms with van der Waals surface area (Å²) >= 11 is 0. The fourth-order valence-corrected chi connectivity index (χ4v) is 4.66. The maximum absolute atomic E-state index is 5.51. The molecular weight excluding hydrogens is 442 g/mol. The number of aromatic nitrogens is 3. The van der Waals surface area contributed by atoms with Crippen molar-refractivity contribution in [2.45, 2.75) is 6.54 Å². The number of rotatable bonds is 6. The van der Waals surface area contributed by atoms with Crippen LogP contribution in [-0.4, -0.2) is 21.6 Å². The van der Waals surface area contributed by atoms with E-state index in [1.165, 1.54) is 16.7 Å². The molecule has 6 aromatic rings. The number of methoxy groups -OCH3 is 1. The summed E-state index contributed by atoms with van der Waals surface area (Å²) < 4.78 is 7.78. The second-order valence-electron chi connectivity index (χ2n) is 8.71. The molecule has 6 rings (SSSR count). The molecule has 0 bridgehead atoms. The Labute approximate surface area is 210 Å². The van der Waals surface area contributed by atoms with Gasteiger partial charge in [0, 0.05) is 17.3 Å². The normalized spacial score (nSPS) is 11.0. The lowest BCUT2D eigenvalue weighted by Crippen LogP contribution is -2.04. The Bertz CT molecular complexity index is 1640. The highest BCUT2D eigenvalue weighted by Crippen LogP contribution is 2.32. The molecule has 174 valence electrons. The molecule has 0 aliphatic heterocycles. The summed E-state index contributed by atoms with van der Waals surface area (Å²) in [5.41, 5.74) is 8.54. The van der Waals surface area contributed by atoms with Gasteiger partial charge in [0.1, 0.15) is 11.6 Å². The lowest BCUT2D eigenvalue weighted by atomic mass is 9.99. The van der Waals surface area contributed by atoms with Crippen molar-refractivity contribution in [3.63, 3.8) is 0 Å². The van der Waals surface area contributed by atoms with E-state index < -0.39 is 0 Å². The Hall–Kier alpha value is -4.70. The van der Waals surface area contributed by atoms with Crippen LogP contribution in [0.25, 0.3) is 44.8 Å². The molecule has 0 saturated heterocycles. The largest absolute Gasteiger partial charge is 0.497 e. The predicted molar refractivity (Wildman–Crippen MR) is 146 cm³/mol. The summed E-state index contributed by atoms with van der Waals surface area (Å²) in [6.07, 6.45) is 1.91. The molecule has 0 fully saturated rings. The predicted octanol–water partition coefficient (Wildman–Crippen LogP) is 7.49. The minimum Gasteiger partial charge on any atom is -0.497 e. The molecule has 0 saturated carbocycles. The standard InChI is InChI=1S/C32H25N3O/c1-36-28-17-10-16-25(19-28)32-34-31-30(20-27(21-33-31)23-11-4-2-5-12-23)35(32)22-26-15-8-9-18-29(26)24-13-6-3-7-14-24/h2-21H,22H2,1H3. The van der Waals surface area contributed by atoms with Gasteiger partial charge in [0.2, 0.25) is 0 Å². The van der Waals surface area contributed by atoms with E-state index in [2.05, 4.69) is 89.5 Å². The topological polar surface area (TPSA) is 39.9 Å². The molecule has 0 N–H and O–H groups in total. The molecule has 0 spiro atoms. The smallest absolute Gasteiger partial charge is 0.178 e. The van der Waals surface area contributed by atoms with Gasteiger partial charge in [0.15, 0.2) is 5.65 Å². The van der Waals surface area contributed by atoms with Crippen molar-refractivity contribution in [1.29, 1.82) is 0 Å². The van der Waals surface area contributed by atoms with Crippen LogP contribution in [0.5, 0.6) is 5.75 Å². The summed E-state index contributed by atoms with van der Waals surface area (Å²) in [6.45, 7) is 0.661. The third kappa shape index (κ3) is 4.14. The number of imidazole rings is 1. The number of fused-ring (bicyclic) bond motifs is 1. The maximum Gasteiger partial charge on any atom is 0.178 e. The number of pyridine rings is 1. The van der Waals surface area contributed by atoms with Crippen LogP contribution in [0.15, 0.2) is 121 Å².